The highest BCUT2D eigenvalue weighted by atomic mass is 15.2. The van der Waals surface area contributed by atoms with Crippen LogP contribution in [0.25, 0.3) is 0 Å². The first kappa shape index (κ1) is 9.81. The van der Waals surface area contributed by atoms with E-state index in [1.54, 1.807) is 0 Å². The molecule has 2 aliphatic rings. The molecule has 3 nitrogen and oxygen atoms in total. The summed E-state index contributed by atoms with van der Waals surface area (Å²) in [6, 6.07) is 0.511. The summed E-state index contributed by atoms with van der Waals surface area (Å²) in [5.74, 6) is 2.76. The first-order chi connectivity index (χ1) is 6.75. The Hall–Kier alpha value is -0.730. The van der Waals surface area contributed by atoms with Crippen molar-refractivity contribution < 1.29 is 0 Å². The van der Waals surface area contributed by atoms with Crippen molar-refractivity contribution in [1.82, 2.24) is 10.6 Å². The molecule has 0 aromatic carbocycles. The van der Waals surface area contributed by atoms with Crippen LogP contribution in [0.5, 0.6) is 0 Å². The van der Waals surface area contributed by atoms with Crippen LogP contribution in [0, 0.1) is 11.8 Å². The largest absolute Gasteiger partial charge is 0.356 e. The summed E-state index contributed by atoms with van der Waals surface area (Å²) in [5, 5.41) is 6.72. The van der Waals surface area contributed by atoms with Gasteiger partial charge in [0.15, 0.2) is 5.96 Å². The maximum Gasteiger partial charge on any atom is 0.191 e. The number of rotatable bonds is 3. The summed E-state index contributed by atoms with van der Waals surface area (Å²) >= 11 is 0. The van der Waals surface area contributed by atoms with Gasteiger partial charge in [-0.15, -0.1) is 0 Å². The minimum absolute atomic E-state index is 0.511. The molecule has 80 valence electrons. The van der Waals surface area contributed by atoms with E-state index in [0.29, 0.717) is 6.04 Å². The highest BCUT2D eigenvalue weighted by Crippen LogP contribution is 2.32. The van der Waals surface area contributed by atoms with Crippen molar-refractivity contribution in [2.45, 2.75) is 39.2 Å². The monoisotopic (exact) mass is 195 g/mol. The van der Waals surface area contributed by atoms with Crippen molar-refractivity contribution in [1.29, 1.82) is 0 Å². The van der Waals surface area contributed by atoms with Crippen LogP contribution in [0.1, 0.15) is 33.1 Å². The van der Waals surface area contributed by atoms with Gasteiger partial charge >= 0.3 is 0 Å². The van der Waals surface area contributed by atoms with Crippen LogP contribution in [0.2, 0.25) is 0 Å². The van der Waals surface area contributed by atoms with Crippen molar-refractivity contribution in [3.8, 4) is 0 Å². The van der Waals surface area contributed by atoms with Crippen molar-refractivity contribution in [2.24, 2.45) is 16.8 Å². The third kappa shape index (κ3) is 2.20. The predicted octanol–water partition coefficient (Wildman–Crippen LogP) is 1.36. The molecule has 1 aliphatic heterocycles. The number of hydrogen-bond acceptors (Lipinski definition) is 3. The van der Waals surface area contributed by atoms with Gasteiger partial charge in [0, 0.05) is 12.6 Å². The highest BCUT2D eigenvalue weighted by molar-refractivity contribution is 5.81. The van der Waals surface area contributed by atoms with Gasteiger partial charge in [-0.25, -0.2) is 0 Å². The molecule has 0 bridgehead atoms. The molecule has 14 heavy (non-hydrogen) atoms. The van der Waals surface area contributed by atoms with Gasteiger partial charge < -0.3 is 10.6 Å². The van der Waals surface area contributed by atoms with E-state index in [2.05, 4.69) is 29.5 Å². The minimum atomic E-state index is 0.511. The Morgan fingerprint density at radius 1 is 1.57 bits per heavy atom. The second-order valence-electron chi connectivity index (χ2n) is 4.78. The van der Waals surface area contributed by atoms with E-state index in [1.165, 1.54) is 19.3 Å². The number of hydrogen-bond donors (Lipinski definition) is 2. The first-order valence-corrected chi connectivity index (χ1v) is 5.80. The number of nitrogens with zero attached hydrogens (tertiary/aromatic N) is 1. The molecule has 0 spiro atoms. The third-order valence-electron chi connectivity index (χ3n) is 3.45. The molecule has 2 unspecified atom stereocenters. The molecule has 1 heterocycles. The molecule has 1 saturated carbocycles. The summed E-state index contributed by atoms with van der Waals surface area (Å²) in [6.07, 6.45) is 4.30. The normalized spacial score (nSPS) is 29.0. The Labute approximate surface area is 86.4 Å². The predicted molar refractivity (Wildman–Crippen MR) is 59.4 cm³/mol. The zero-order valence-electron chi connectivity index (χ0n) is 9.21. The Morgan fingerprint density at radius 3 is 2.86 bits per heavy atom. The van der Waals surface area contributed by atoms with E-state index >= 15 is 0 Å². The molecule has 3 heteroatoms. The summed E-state index contributed by atoms with van der Waals surface area (Å²) in [7, 11) is 0. The van der Waals surface area contributed by atoms with Gasteiger partial charge in [-0.3, -0.25) is 4.99 Å². The zero-order chi connectivity index (χ0) is 9.97. The molecule has 2 atom stereocenters. The Kier molecular flexibility index (Phi) is 2.94. The average Bonchev–Trinajstić information content (AvgIpc) is 2.45. The molecule has 2 rings (SSSR count). The lowest BCUT2D eigenvalue weighted by Gasteiger charge is -2.31. The van der Waals surface area contributed by atoms with E-state index in [1.807, 2.05) is 0 Å². The quantitative estimate of drug-likeness (QED) is 0.713. The van der Waals surface area contributed by atoms with Crippen LogP contribution in [-0.4, -0.2) is 25.1 Å². The molecule has 0 saturated heterocycles. The molecule has 0 aromatic rings. The number of aliphatic imine (C=N–C) groups is 1. The van der Waals surface area contributed by atoms with Crippen molar-refractivity contribution in [2.75, 3.05) is 13.1 Å². The van der Waals surface area contributed by atoms with Crippen LogP contribution in [-0.2, 0) is 0 Å². The van der Waals surface area contributed by atoms with Gasteiger partial charge in [-0.1, -0.05) is 26.2 Å². The van der Waals surface area contributed by atoms with Crippen LogP contribution in [0.3, 0.4) is 0 Å². The van der Waals surface area contributed by atoms with Crippen molar-refractivity contribution in [3.05, 3.63) is 0 Å². The molecule has 0 aromatic heterocycles. The van der Waals surface area contributed by atoms with Crippen LogP contribution in [0.15, 0.2) is 4.99 Å². The summed E-state index contributed by atoms with van der Waals surface area (Å²) in [5.41, 5.74) is 0. The maximum absolute atomic E-state index is 4.39. The number of nitrogens with one attached hydrogen (secondary N) is 2. The Balaban J connectivity index is 1.66. The van der Waals surface area contributed by atoms with E-state index in [9.17, 15) is 0 Å². The lowest BCUT2D eigenvalue weighted by Crippen LogP contribution is -2.41. The smallest absolute Gasteiger partial charge is 0.191 e. The standard InChI is InChI=1S/C11H21N3/c1-8(10-4-3-5-10)6-12-11-13-7-9(2)14-11/h8-10H,3-7H2,1-2H3,(H2,12,13,14). The van der Waals surface area contributed by atoms with Gasteiger partial charge in [0.05, 0.1) is 6.54 Å². The summed E-state index contributed by atoms with van der Waals surface area (Å²) < 4.78 is 0. The van der Waals surface area contributed by atoms with Gasteiger partial charge in [-0.05, 0) is 18.8 Å². The van der Waals surface area contributed by atoms with Crippen LogP contribution in [0.4, 0.5) is 0 Å². The SMILES string of the molecule is CC1CN=C(NCC(C)C2CCC2)N1. The van der Waals surface area contributed by atoms with E-state index < -0.39 is 0 Å². The zero-order valence-corrected chi connectivity index (χ0v) is 9.21. The van der Waals surface area contributed by atoms with Crippen molar-refractivity contribution >= 4 is 5.96 Å². The van der Waals surface area contributed by atoms with E-state index in [-0.39, 0.29) is 0 Å². The second kappa shape index (κ2) is 4.20. The van der Waals surface area contributed by atoms with Gasteiger partial charge in [0.1, 0.15) is 0 Å². The molecule has 0 amide bonds. The van der Waals surface area contributed by atoms with E-state index in [0.717, 1.165) is 30.9 Å². The van der Waals surface area contributed by atoms with Gasteiger partial charge in [0.25, 0.3) is 0 Å². The highest BCUT2D eigenvalue weighted by Gasteiger charge is 2.24. The first-order valence-electron chi connectivity index (χ1n) is 5.80. The molecule has 2 N–H and O–H groups in total. The summed E-state index contributed by atoms with van der Waals surface area (Å²) in [6.45, 7) is 6.49. The van der Waals surface area contributed by atoms with Crippen molar-refractivity contribution in [3.63, 3.8) is 0 Å². The fourth-order valence-corrected chi connectivity index (χ4v) is 2.09. The Bertz CT molecular complexity index is 221. The lowest BCUT2D eigenvalue weighted by molar-refractivity contribution is 0.221. The summed E-state index contributed by atoms with van der Waals surface area (Å²) in [4.78, 5) is 4.39. The molecular weight excluding hydrogens is 174 g/mol. The van der Waals surface area contributed by atoms with Gasteiger partial charge in [-0.2, -0.15) is 0 Å². The second-order valence-corrected chi connectivity index (χ2v) is 4.78. The Morgan fingerprint density at radius 2 is 2.36 bits per heavy atom. The maximum atomic E-state index is 4.39. The molecule has 1 aliphatic carbocycles. The molecule has 0 radical (unpaired) electrons. The number of guanidine groups is 1. The van der Waals surface area contributed by atoms with Crippen LogP contribution < -0.4 is 10.6 Å². The fourth-order valence-electron chi connectivity index (χ4n) is 2.09. The third-order valence-corrected chi connectivity index (χ3v) is 3.45. The lowest BCUT2D eigenvalue weighted by atomic mass is 9.77. The fraction of sp³-hybridized carbons (Fsp3) is 0.909. The molecular formula is C11H21N3. The topological polar surface area (TPSA) is 36.4 Å². The van der Waals surface area contributed by atoms with Gasteiger partial charge in [0.2, 0.25) is 0 Å². The van der Waals surface area contributed by atoms with E-state index in [4.69, 9.17) is 0 Å². The average molecular weight is 195 g/mol. The minimum Gasteiger partial charge on any atom is -0.356 e. The molecule has 1 fully saturated rings. The van der Waals surface area contributed by atoms with Crippen LogP contribution >= 0.6 is 0 Å².